The van der Waals surface area contributed by atoms with Gasteiger partial charge in [0.15, 0.2) is 0 Å². The van der Waals surface area contributed by atoms with Crippen LogP contribution in [0.4, 0.5) is 5.95 Å². The molecule has 1 aliphatic heterocycles. The molecule has 1 saturated heterocycles. The lowest BCUT2D eigenvalue weighted by atomic mass is 10.1. The van der Waals surface area contributed by atoms with Gasteiger partial charge in [-0.25, -0.2) is 9.97 Å². The van der Waals surface area contributed by atoms with Gasteiger partial charge in [0.2, 0.25) is 11.9 Å². The van der Waals surface area contributed by atoms with E-state index >= 15 is 0 Å². The molecular weight excluding hydrogens is 244 g/mol. The van der Waals surface area contributed by atoms with Crippen molar-refractivity contribution in [1.82, 2.24) is 15.3 Å². The van der Waals surface area contributed by atoms with Gasteiger partial charge < -0.3 is 15.3 Å². The fourth-order valence-electron chi connectivity index (χ4n) is 2.14. The van der Waals surface area contributed by atoms with E-state index in [1.165, 1.54) is 0 Å². The second kappa shape index (κ2) is 5.52. The highest BCUT2D eigenvalue weighted by atomic mass is 16.3. The normalized spacial score (nSPS) is 19.5. The topological polar surface area (TPSA) is 78.4 Å². The van der Waals surface area contributed by atoms with Crippen LogP contribution in [0, 0.1) is 0 Å². The lowest BCUT2D eigenvalue weighted by molar-refractivity contribution is -0.123. The first-order valence-electron chi connectivity index (χ1n) is 6.51. The highest BCUT2D eigenvalue weighted by Gasteiger charge is 2.32. The molecule has 19 heavy (non-hydrogen) atoms. The standard InChI is InChI=1S/C13H20N4O2/c1-13(2,19)9-16-11(18)10-5-3-8-17(10)12-14-6-4-7-15-12/h4,6-7,10,19H,3,5,8-9H2,1-2H3,(H,16,18). The van der Waals surface area contributed by atoms with Crippen molar-refractivity contribution in [2.75, 3.05) is 18.0 Å². The van der Waals surface area contributed by atoms with E-state index in [-0.39, 0.29) is 18.5 Å². The average molecular weight is 264 g/mol. The van der Waals surface area contributed by atoms with Crippen LogP contribution in [-0.4, -0.2) is 45.7 Å². The molecule has 0 saturated carbocycles. The Balaban J connectivity index is 2.01. The van der Waals surface area contributed by atoms with Gasteiger partial charge in [-0.3, -0.25) is 4.79 Å². The van der Waals surface area contributed by atoms with E-state index in [0.29, 0.717) is 5.95 Å². The number of aromatic nitrogens is 2. The first-order chi connectivity index (χ1) is 8.97. The molecule has 104 valence electrons. The summed E-state index contributed by atoms with van der Waals surface area (Å²) in [5.74, 6) is 0.510. The van der Waals surface area contributed by atoms with Crippen LogP contribution in [0.25, 0.3) is 0 Å². The lowest BCUT2D eigenvalue weighted by Crippen LogP contribution is -2.47. The molecule has 1 amide bonds. The number of rotatable bonds is 4. The Morgan fingerprint density at radius 1 is 1.53 bits per heavy atom. The number of nitrogens with zero attached hydrogens (tertiary/aromatic N) is 3. The number of anilines is 1. The summed E-state index contributed by atoms with van der Waals surface area (Å²) in [5, 5.41) is 12.4. The molecule has 1 aromatic rings. The molecule has 2 N–H and O–H groups in total. The molecular formula is C13H20N4O2. The molecule has 0 bridgehead atoms. The van der Waals surface area contributed by atoms with Crippen LogP contribution < -0.4 is 10.2 Å². The third-order valence-corrected chi connectivity index (χ3v) is 3.06. The number of carbonyl (C=O) groups excluding carboxylic acids is 1. The molecule has 0 aliphatic carbocycles. The van der Waals surface area contributed by atoms with E-state index in [4.69, 9.17) is 0 Å². The highest BCUT2D eigenvalue weighted by Crippen LogP contribution is 2.21. The van der Waals surface area contributed by atoms with Crippen LogP contribution in [0.15, 0.2) is 18.5 Å². The minimum Gasteiger partial charge on any atom is -0.389 e. The molecule has 1 unspecified atom stereocenters. The molecule has 6 heteroatoms. The molecule has 1 aromatic heterocycles. The first kappa shape index (κ1) is 13.7. The Labute approximate surface area is 112 Å². The van der Waals surface area contributed by atoms with Gasteiger partial charge in [-0.1, -0.05) is 0 Å². The van der Waals surface area contributed by atoms with Crippen molar-refractivity contribution >= 4 is 11.9 Å². The predicted octanol–water partition coefficient (Wildman–Crippen LogP) is 0.332. The van der Waals surface area contributed by atoms with E-state index in [9.17, 15) is 9.90 Å². The van der Waals surface area contributed by atoms with Crippen molar-refractivity contribution in [2.45, 2.75) is 38.3 Å². The molecule has 0 aromatic carbocycles. The fourth-order valence-corrected chi connectivity index (χ4v) is 2.14. The predicted molar refractivity (Wildman–Crippen MR) is 71.7 cm³/mol. The van der Waals surface area contributed by atoms with Crippen molar-refractivity contribution in [2.24, 2.45) is 0 Å². The van der Waals surface area contributed by atoms with Gasteiger partial charge in [-0.15, -0.1) is 0 Å². The SMILES string of the molecule is CC(C)(O)CNC(=O)C1CCCN1c1ncccn1. The van der Waals surface area contributed by atoms with Gasteiger partial charge in [-0.2, -0.15) is 0 Å². The maximum Gasteiger partial charge on any atom is 0.242 e. The van der Waals surface area contributed by atoms with Crippen molar-refractivity contribution in [3.05, 3.63) is 18.5 Å². The van der Waals surface area contributed by atoms with Crippen molar-refractivity contribution < 1.29 is 9.90 Å². The number of carbonyl (C=O) groups is 1. The molecule has 1 aliphatic rings. The third kappa shape index (κ3) is 3.64. The Morgan fingerprint density at radius 2 is 2.21 bits per heavy atom. The van der Waals surface area contributed by atoms with Crippen LogP contribution in [0.2, 0.25) is 0 Å². The second-order valence-corrected chi connectivity index (χ2v) is 5.43. The van der Waals surface area contributed by atoms with Gasteiger partial charge in [0, 0.05) is 25.5 Å². The van der Waals surface area contributed by atoms with Gasteiger partial charge in [-0.05, 0) is 32.8 Å². The molecule has 1 fully saturated rings. The van der Waals surface area contributed by atoms with Crippen molar-refractivity contribution in [3.8, 4) is 0 Å². The van der Waals surface area contributed by atoms with E-state index in [0.717, 1.165) is 19.4 Å². The largest absolute Gasteiger partial charge is 0.389 e. The molecule has 6 nitrogen and oxygen atoms in total. The summed E-state index contributed by atoms with van der Waals surface area (Å²) in [4.78, 5) is 22.4. The minimum absolute atomic E-state index is 0.0768. The first-order valence-corrected chi connectivity index (χ1v) is 6.51. The van der Waals surface area contributed by atoms with E-state index in [1.807, 2.05) is 4.90 Å². The minimum atomic E-state index is -0.900. The quantitative estimate of drug-likeness (QED) is 0.819. The monoisotopic (exact) mass is 264 g/mol. The Bertz CT molecular complexity index is 430. The van der Waals surface area contributed by atoms with Gasteiger partial charge >= 0.3 is 0 Å². The summed E-state index contributed by atoms with van der Waals surface area (Å²) in [6, 6.07) is 1.51. The molecule has 2 rings (SSSR count). The third-order valence-electron chi connectivity index (χ3n) is 3.06. The number of nitrogens with one attached hydrogen (secondary N) is 1. The molecule has 0 spiro atoms. The van der Waals surface area contributed by atoms with E-state index < -0.39 is 5.60 Å². The van der Waals surface area contributed by atoms with E-state index in [2.05, 4.69) is 15.3 Å². The lowest BCUT2D eigenvalue weighted by Gasteiger charge is -2.25. The van der Waals surface area contributed by atoms with Crippen molar-refractivity contribution in [1.29, 1.82) is 0 Å². The van der Waals surface area contributed by atoms with Crippen LogP contribution in [0.1, 0.15) is 26.7 Å². The van der Waals surface area contributed by atoms with Crippen molar-refractivity contribution in [3.63, 3.8) is 0 Å². The van der Waals surface area contributed by atoms with Crippen LogP contribution in [-0.2, 0) is 4.79 Å². The summed E-state index contributed by atoms with van der Waals surface area (Å²) in [6.45, 7) is 4.36. The number of hydrogen-bond acceptors (Lipinski definition) is 5. The summed E-state index contributed by atoms with van der Waals surface area (Å²) in [7, 11) is 0. The number of aliphatic hydroxyl groups is 1. The number of amides is 1. The molecule has 2 heterocycles. The Kier molecular flexibility index (Phi) is 3.99. The zero-order chi connectivity index (χ0) is 13.9. The Hall–Kier alpha value is -1.69. The van der Waals surface area contributed by atoms with Gasteiger partial charge in [0.25, 0.3) is 0 Å². The summed E-state index contributed by atoms with van der Waals surface area (Å²) >= 11 is 0. The van der Waals surface area contributed by atoms with Crippen LogP contribution in [0.5, 0.6) is 0 Å². The van der Waals surface area contributed by atoms with Crippen LogP contribution >= 0.6 is 0 Å². The summed E-state index contributed by atoms with van der Waals surface area (Å²) in [5.41, 5.74) is -0.900. The second-order valence-electron chi connectivity index (χ2n) is 5.43. The maximum absolute atomic E-state index is 12.2. The zero-order valence-corrected chi connectivity index (χ0v) is 11.3. The summed E-state index contributed by atoms with van der Waals surface area (Å²) < 4.78 is 0. The van der Waals surface area contributed by atoms with Crippen LogP contribution in [0.3, 0.4) is 0 Å². The molecule has 0 radical (unpaired) electrons. The van der Waals surface area contributed by atoms with E-state index in [1.54, 1.807) is 32.3 Å². The number of hydrogen-bond donors (Lipinski definition) is 2. The summed E-state index contributed by atoms with van der Waals surface area (Å²) in [6.07, 6.45) is 5.08. The zero-order valence-electron chi connectivity index (χ0n) is 11.3. The van der Waals surface area contributed by atoms with Gasteiger partial charge in [0.1, 0.15) is 6.04 Å². The average Bonchev–Trinajstić information content (AvgIpc) is 2.85. The Morgan fingerprint density at radius 3 is 2.84 bits per heavy atom. The maximum atomic E-state index is 12.2. The highest BCUT2D eigenvalue weighted by molar-refractivity contribution is 5.85. The van der Waals surface area contributed by atoms with Gasteiger partial charge in [0.05, 0.1) is 5.60 Å². The fraction of sp³-hybridized carbons (Fsp3) is 0.615. The molecule has 1 atom stereocenters. The smallest absolute Gasteiger partial charge is 0.242 e.